The Labute approximate surface area is 357 Å². The van der Waals surface area contributed by atoms with Crippen LogP contribution in [0.5, 0.6) is 0 Å². The molecule has 0 bridgehead atoms. The molecule has 3 saturated heterocycles. The van der Waals surface area contributed by atoms with Crippen LogP contribution in [0.1, 0.15) is 71.3 Å². The number of halogens is 1. The van der Waals surface area contributed by atoms with E-state index in [1.54, 1.807) is 51.1 Å². The van der Waals surface area contributed by atoms with Crippen molar-refractivity contribution in [2.45, 2.75) is 133 Å². The second-order valence-electron chi connectivity index (χ2n) is 16.6. The zero-order valence-corrected chi connectivity index (χ0v) is 36.3. The van der Waals surface area contributed by atoms with Crippen molar-refractivity contribution in [3.63, 3.8) is 0 Å². The summed E-state index contributed by atoms with van der Waals surface area (Å²) >= 11 is 0. The van der Waals surface area contributed by atoms with Gasteiger partial charge in [-0.25, -0.2) is 9.18 Å². The number of aldehydes is 1. The molecule has 1 aromatic rings. The van der Waals surface area contributed by atoms with Crippen molar-refractivity contribution in [3.05, 3.63) is 35.7 Å². The van der Waals surface area contributed by atoms with Crippen LogP contribution in [0.15, 0.2) is 24.3 Å². The van der Waals surface area contributed by atoms with Gasteiger partial charge in [0.25, 0.3) is 0 Å². The van der Waals surface area contributed by atoms with Gasteiger partial charge in [-0.15, -0.1) is 0 Å². The summed E-state index contributed by atoms with van der Waals surface area (Å²) in [4.78, 5) is 56.2. The van der Waals surface area contributed by atoms with Gasteiger partial charge in [-0.1, -0.05) is 26.0 Å². The Morgan fingerprint density at radius 1 is 1.05 bits per heavy atom. The fourth-order valence-electron chi connectivity index (χ4n) is 8.24. The molecule has 61 heavy (non-hydrogen) atoms. The van der Waals surface area contributed by atoms with Gasteiger partial charge in [-0.3, -0.25) is 14.5 Å². The number of rotatable bonds is 13. The van der Waals surface area contributed by atoms with Crippen LogP contribution in [0, 0.1) is 17.7 Å². The predicted molar refractivity (Wildman–Crippen MR) is 220 cm³/mol. The van der Waals surface area contributed by atoms with Gasteiger partial charge in [0, 0.05) is 38.5 Å². The molecule has 344 valence electrons. The number of nitrogens with zero attached hydrogens (tertiary/aromatic N) is 3. The largest absolute Gasteiger partial charge is 0.462 e. The number of benzene rings is 1. The summed E-state index contributed by atoms with van der Waals surface area (Å²) in [7, 11) is 6.60. The van der Waals surface area contributed by atoms with Crippen molar-refractivity contribution >= 4 is 36.1 Å². The molecule has 3 fully saturated rings. The number of hydrogen-bond donors (Lipinski definition) is 4. The van der Waals surface area contributed by atoms with Crippen molar-refractivity contribution in [1.29, 1.82) is 0 Å². The van der Waals surface area contributed by atoms with E-state index in [2.05, 4.69) is 0 Å². The van der Waals surface area contributed by atoms with E-state index in [1.165, 1.54) is 24.1 Å². The molecular formula is C43H66FN3O14. The summed E-state index contributed by atoms with van der Waals surface area (Å²) in [5.74, 6) is -3.06. The number of aliphatic hydroxyl groups excluding tert-OH is 4. The van der Waals surface area contributed by atoms with Gasteiger partial charge in [0.2, 0.25) is 0 Å². The molecule has 4 N–H and O–H groups in total. The molecular weight excluding hydrogens is 801 g/mol. The van der Waals surface area contributed by atoms with Crippen molar-refractivity contribution < 1.29 is 72.4 Å². The molecule has 3 aliphatic rings. The lowest BCUT2D eigenvalue weighted by Crippen LogP contribution is -2.63. The molecule has 0 saturated carbocycles. The quantitative estimate of drug-likeness (QED) is 0.127. The van der Waals surface area contributed by atoms with Crippen molar-refractivity contribution in [2.75, 3.05) is 59.4 Å². The molecule has 1 amide bonds. The van der Waals surface area contributed by atoms with Gasteiger partial charge in [0.15, 0.2) is 6.29 Å². The van der Waals surface area contributed by atoms with Gasteiger partial charge in [-0.05, 0) is 83.9 Å². The number of carbonyl (C=O) groups excluding carboxylic acids is 4. The molecule has 0 radical (unpaired) electrons. The monoisotopic (exact) mass is 867 g/mol. The molecule has 1 aromatic carbocycles. The average molecular weight is 868 g/mol. The minimum absolute atomic E-state index is 0.0390. The first-order valence-corrected chi connectivity index (χ1v) is 21.1. The average Bonchev–Trinajstić information content (AvgIpc) is 3.59. The zero-order chi connectivity index (χ0) is 45.0. The SMILES string of the molecule is CCC(=O)O[C@@H]1CC(=O)O[C@@H](C/C=C/c2ccc(N3C[C@H](CO)OC3=O)cc2F)CCCN(C)C[C@H](O)[C@H](C)C[C@H](CC=O)[C@H](O[C@@H]2OC(C)[C@H](O)C(N(C)C)C2O)[C@H]1OC. The number of esters is 2. The van der Waals surface area contributed by atoms with Crippen molar-refractivity contribution in [2.24, 2.45) is 11.8 Å². The number of amides is 1. The number of ether oxygens (including phenoxy) is 6. The van der Waals surface area contributed by atoms with E-state index in [0.717, 1.165) is 0 Å². The fraction of sp³-hybridized carbons (Fsp3) is 0.721. The van der Waals surface area contributed by atoms with Crippen LogP contribution in [-0.2, 0) is 42.8 Å². The maximum Gasteiger partial charge on any atom is 0.414 e. The van der Waals surface area contributed by atoms with Crippen LogP contribution in [0.2, 0.25) is 0 Å². The Morgan fingerprint density at radius 3 is 2.41 bits per heavy atom. The summed E-state index contributed by atoms with van der Waals surface area (Å²) in [5, 5.41) is 43.2. The Hall–Kier alpha value is -3.59. The normalized spacial score (nSPS) is 34.0. The molecule has 18 heteroatoms. The molecule has 0 spiro atoms. The lowest BCUT2D eigenvalue weighted by Gasteiger charge is -2.47. The highest BCUT2D eigenvalue weighted by atomic mass is 19.1. The highest BCUT2D eigenvalue weighted by Crippen LogP contribution is 2.34. The van der Waals surface area contributed by atoms with Gasteiger partial charge < -0.3 is 63.4 Å². The highest BCUT2D eigenvalue weighted by molar-refractivity contribution is 5.89. The fourth-order valence-corrected chi connectivity index (χ4v) is 8.24. The van der Waals surface area contributed by atoms with Crippen LogP contribution in [0.4, 0.5) is 14.9 Å². The minimum Gasteiger partial charge on any atom is -0.462 e. The molecule has 0 aliphatic carbocycles. The van der Waals surface area contributed by atoms with Crippen LogP contribution >= 0.6 is 0 Å². The number of aliphatic hydroxyl groups is 4. The lowest BCUT2D eigenvalue weighted by molar-refractivity contribution is -0.310. The number of cyclic esters (lactones) is 2. The van der Waals surface area contributed by atoms with Crippen molar-refractivity contribution in [1.82, 2.24) is 9.80 Å². The first-order chi connectivity index (χ1) is 29.0. The van der Waals surface area contributed by atoms with Crippen LogP contribution in [-0.4, -0.2) is 176 Å². The van der Waals surface area contributed by atoms with E-state index in [-0.39, 0.29) is 62.5 Å². The van der Waals surface area contributed by atoms with E-state index >= 15 is 4.39 Å². The number of anilines is 1. The summed E-state index contributed by atoms with van der Waals surface area (Å²) < 4.78 is 50.8. The first kappa shape index (κ1) is 50.1. The molecule has 3 heterocycles. The van der Waals surface area contributed by atoms with E-state index in [4.69, 9.17) is 28.4 Å². The van der Waals surface area contributed by atoms with Crippen LogP contribution in [0.3, 0.4) is 0 Å². The predicted octanol–water partition coefficient (Wildman–Crippen LogP) is 2.29. The molecule has 3 unspecified atom stereocenters. The summed E-state index contributed by atoms with van der Waals surface area (Å²) in [6, 6.07) is 3.46. The van der Waals surface area contributed by atoms with Crippen LogP contribution in [0.25, 0.3) is 6.08 Å². The maximum atomic E-state index is 15.3. The van der Waals surface area contributed by atoms with E-state index < -0.39 is 103 Å². The molecule has 17 nitrogen and oxygen atoms in total. The molecule has 13 atom stereocenters. The number of β-amino-alcohol motifs (C(OH)–C–C–N with tert-alkyl or cyclic N) is 1. The summed E-state index contributed by atoms with van der Waals surface area (Å²) in [6.45, 7) is 5.62. The lowest BCUT2D eigenvalue weighted by atomic mass is 9.82. The van der Waals surface area contributed by atoms with Gasteiger partial charge in [0.05, 0.1) is 55.7 Å². The van der Waals surface area contributed by atoms with E-state index in [0.29, 0.717) is 25.7 Å². The second kappa shape index (κ2) is 23.7. The van der Waals surface area contributed by atoms with E-state index in [9.17, 15) is 39.6 Å². The maximum absolute atomic E-state index is 15.3. The smallest absolute Gasteiger partial charge is 0.414 e. The molecule has 4 rings (SSSR count). The number of carbonyl (C=O) groups is 4. The summed E-state index contributed by atoms with van der Waals surface area (Å²) in [6.07, 6.45) is -6.48. The minimum atomic E-state index is -1.38. The Morgan fingerprint density at radius 2 is 1.79 bits per heavy atom. The molecule has 3 aliphatic heterocycles. The topological polar surface area (TPSA) is 214 Å². The zero-order valence-electron chi connectivity index (χ0n) is 36.3. The Balaban J connectivity index is 1.65. The second-order valence-corrected chi connectivity index (χ2v) is 16.6. The first-order valence-electron chi connectivity index (χ1n) is 21.1. The third-order valence-electron chi connectivity index (χ3n) is 11.7. The summed E-state index contributed by atoms with van der Waals surface area (Å²) in [5.41, 5.74) is 0.493. The van der Waals surface area contributed by atoms with Crippen LogP contribution < -0.4 is 4.90 Å². The Kier molecular flexibility index (Phi) is 19.5. The van der Waals surface area contributed by atoms with Gasteiger partial charge in [0.1, 0.15) is 42.6 Å². The van der Waals surface area contributed by atoms with Crippen molar-refractivity contribution in [3.8, 4) is 0 Å². The third kappa shape index (κ3) is 13.7. The van der Waals surface area contributed by atoms with Gasteiger partial charge in [-0.2, -0.15) is 0 Å². The highest BCUT2D eigenvalue weighted by Gasteiger charge is 2.49. The van der Waals surface area contributed by atoms with Gasteiger partial charge >= 0.3 is 18.0 Å². The third-order valence-corrected chi connectivity index (χ3v) is 11.7. The standard InChI is InChI=1S/C43H66FN3O14/c1-8-35(51)60-34-21-36(52)58-30(12-9-11-27-14-15-29(20-32(27)44)47-22-31(24-49)59-43(47)55)13-10-17-46(6)23-33(50)25(2)19-28(16-18-48)40(41(34)56-7)61-42-39(54)37(45(4)5)38(53)26(3)57-42/h9,11,14-15,18,20,25-26,28,30-31,33-34,37-42,49-50,53-54H,8,10,12-13,16-17,19,21-24H2,1-7H3/b11-9+/t25-,26?,28+,30+,31-,33+,34-,37?,38+,39?,40+,41+,42+/m1/s1. The number of methoxy groups -OCH3 is 1. The molecule has 0 aromatic heterocycles. The number of hydrogen-bond acceptors (Lipinski definition) is 16. The Bertz CT molecular complexity index is 1620. The van der Waals surface area contributed by atoms with E-state index in [1.807, 2.05) is 18.9 Å². The number of likely N-dealkylation sites (N-methyl/N-ethyl adjacent to an activating group) is 2.